The van der Waals surface area contributed by atoms with Gasteiger partial charge in [0.15, 0.2) is 0 Å². The number of likely N-dealkylation sites (N-methyl/N-ethyl adjacent to an activating group) is 1. The van der Waals surface area contributed by atoms with Crippen molar-refractivity contribution in [2.45, 2.75) is 19.4 Å². The van der Waals surface area contributed by atoms with Crippen molar-refractivity contribution in [1.82, 2.24) is 15.1 Å². The fourth-order valence-electron chi connectivity index (χ4n) is 1.66. The topological polar surface area (TPSA) is 35.6 Å². The SMILES string of the molecule is CNC(C)(C)CN1CCN(C=O)CC1. The van der Waals surface area contributed by atoms with Crippen LogP contribution in [0, 0.1) is 0 Å². The van der Waals surface area contributed by atoms with Crippen LogP contribution in [0.5, 0.6) is 0 Å². The third-order valence-electron chi connectivity index (χ3n) is 2.85. The summed E-state index contributed by atoms with van der Waals surface area (Å²) < 4.78 is 0. The van der Waals surface area contributed by atoms with Crippen LogP contribution < -0.4 is 5.32 Å². The summed E-state index contributed by atoms with van der Waals surface area (Å²) in [5.74, 6) is 0. The van der Waals surface area contributed by atoms with Crippen molar-refractivity contribution >= 4 is 6.41 Å². The molecule has 1 fully saturated rings. The van der Waals surface area contributed by atoms with E-state index in [0.29, 0.717) is 0 Å². The van der Waals surface area contributed by atoms with E-state index in [2.05, 4.69) is 24.1 Å². The average molecular weight is 199 g/mol. The van der Waals surface area contributed by atoms with Crippen LogP contribution in [0.1, 0.15) is 13.8 Å². The molecule has 0 atom stereocenters. The summed E-state index contributed by atoms with van der Waals surface area (Å²) in [5, 5.41) is 3.29. The molecule has 4 nitrogen and oxygen atoms in total. The Bertz CT molecular complexity index is 186. The van der Waals surface area contributed by atoms with Crippen molar-refractivity contribution in [3.05, 3.63) is 0 Å². The summed E-state index contributed by atoms with van der Waals surface area (Å²) >= 11 is 0. The molecule has 14 heavy (non-hydrogen) atoms. The summed E-state index contributed by atoms with van der Waals surface area (Å²) in [7, 11) is 1.99. The maximum Gasteiger partial charge on any atom is 0.209 e. The lowest BCUT2D eigenvalue weighted by Gasteiger charge is -2.37. The lowest BCUT2D eigenvalue weighted by molar-refractivity contribution is -0.119. The Morgan fingerprint density at radius 2 is 1.86 bits per heavy atom. The minimum atomic E-state index is 0.156. The van der Waals surface area contributed by atoms with E-state index in [-0.39, 0.29) is 5.54 Å². The molecule has 82 valence electrons. The number of hydrogen-bond acceptors (Lipinski definition) is 3. The second-order valence-electron chi connectivity index (χ2n) is 4.55. The summed E-state index contributed by atoms with van der Waals surface area (Å²) in [5.41, 5.74) is 0.156. The van der Waals surface area contributed by atoms with Crippen LogP contribution in [-0.2, 0) is 4.79 Å². The van der Waals surface area contributed by atoms with Crippen LogP contribution in [0.4, 0.5) is 0 Å². The molecule has 0 spiro atoms. The summed E-state index contributed by atoms with van der Waals surface area (Å²) in [4.78, 5) is 14.7. The summed E-state index contributed by atoms with van der Waals surface area (Å²) in [6.45, 7) is 9.13. The third-order valence-corrected chi connectivity index (χ3v) is 2.85. The zero-order chi connectivity index (χ0) is 10.6. The van der Waals surface area contributed by atoms with E-state index in [1.54, 1.807) is 0 Å². The molecule has 0 aromatic rings. The Balaban J connectivity index is 2.32. The first-order chi connectivity index (χ1) is 6.57. The van der Waals surface area contributed by atoms with Crippen molar-refractivity contribution in [2.75, 3.05) is 39.8 Å². The summed E-state index contributed by atoms with van der Waals surface area (Å²) in [6, 6.07) is 0. The van der Waals surface area contributed by atoms with Gasteiger partial charge in [-0.15, -0.1) is 0 Å². The quantitative estimate of drug-likeness (QED) is 0.635. The highest BCUT2D eigenvalue weighted by Gasteiger charge is 2.22. The van der Waals surface area contributed by atoms with Crippen molar-refractivity contribution < 1.29 is 4.79 Å². The predicted octanol–water partition coefficient (Wildman–Crippen LogP) is -0.242. The monoisotopic (exact) mass is 199 g/mol. The minimum absolute atomic E-state index is 0.156. The lowest BCUT2D eigenvalue weighted by Crippen LogP contribution is -2.53. The maximum atomic E-state index is 10.5. The second kappa shape index (κ2) is 4.75. The molecule has 1 amide bonds. The second-order valence-corrected chi connectivity index (χ2v) is 4.55. The van der Waals surface area contributed by atoms with Gasteiger partial charge in [-0.3, -0.25) is 9.69 Å². The van der Waals surface area contributed by atoms with Gasteiger partial charge in [-0.2, -0.15) is 0 Å². The molecule has 4 heteroatoms. The number of carbonyl (C=O) groups is 1. The molecule has 0 aromatic heterocycles. The van der Waals surface area contributed by atoms with Crippen molar-refractivity contribution in [1.29, 1.82) is 0 Å². The first-order valence-corrected chi connectivity index (χ1v) is 5.18. The Hall–Kier alpha value is -0.610. The van der Waals surface area contributed by atoms with E-state index in [1.807, 2.05) is 11.9 Å². The first-order valence-electron chi connectivity index (χ1n) is 5.18. The van der Waals surface area contributed by atoms with Crippen molar-refractivity contribution in [2.24, 2.45) is 0 Å². The number of nitrogens with zero attached hydrogens (tertiary/aromatic N) is 2. The van der Waals surface area contributed by atoms with E-state index in [0.717, 1.165) is 39.1 Å². The Morgan fingerprint density at radius 1 is 1.29 bits per heavy atom. The van der Waals surface area contributed by atoms with Gasteiger partial charge in [0.2, 0.25) is 6.41 Å². The number of amides is 1. The number of rotatable bonds is 4. The average Bonchev–Trinajstić information content (AvgIpc) is 2.19. The molecule has 1 rings (SSSR count). The molecule has 1 N–H and O–H groups in total. The van der Waals surface area contributed by atoms with Crippen LogP contribution in [-0.4, -0.2) is 61.5 Å². The third kappa shape index (κ3) is 3.27. The molecule has 0 saturated carbocycles. The highest BCUT2D eigenvalue weighted by molar-refractivity contribution is 5.47. The van der Waals surface area contributed by atoms with E-state index >= 15 is 0 Å². The van der Waals surface area contributed by atoms with Gasteiger partial charge in [-0.25, -0.2) is 0 Å². The highest BCUT2D eigenvalue weighted by atomic mass is 16.1. The van der Waals surface area contributed by atoms with Crippen LogP contribution >= 0.6 is 0 Å². The van der Waals surface area contributed by atoms with Gasteiger partial charge in [-0.05, 0) is 20.9 Å². The summed E-state index contributed by atoms with van der Waals surface area (Å²) in [6.07, 6.45) is 0.945. The van der Waals surface area contributed by atoms with E-state index in [1.165, 1.54) is 0 Å². The number of piperazine rings is 1. The van der Waals surface area contributed by atoms with Gasteiger partial charge in [0.1, 0.15) is 0 Å². The molecule has 0 bridgehead atoms. The van der Waals surface area contributed by atoms with Gasteiger partial charge in [0, 0.05) is 38.3 Å². The fourth-order valence-corrected chi connectivity index (χ4v) is 1.66. The van der Waals surface area contributed by atoms with Crippen LogP contribution in [0.25, 0.3) is 0 Å². The van der Waals surface area contributed by atoms with Gasteiger partial charge in [0.25, 0.3) is 0 Å². The number of hydrogen-bond donors (Lipinski definition) is 1. The molecule has 1 aliphatic rings. The molecular formula is C10H21N3O. The molecule has 0 aromatic carbocycles. The standard InChI is InChI=1S/C10H21N3O/c1-10(2,11-3)8-12-4-6-13(9-14)7-5-12/h9,11H,4-8H2,1-3H3. The van der Waals surface area contributed by atoms with E-state index in [4.69, 9.17) is 0 Å². The zero-order valence-corrected chi connectivity index (χ0v) is 9.42. The molecular weight excluding hydrogens is 178 g/mol. The van der Waals surface area contributed by atoms with Crippen molar-refractivity contribution in [3.8, 4) is 0 Å². The van der Waals surface area contributed by atoms with Gasteiger partial charge >= 0.3 is 0 Å². The van der Waals surface area contributed by atoms with Gasteiger partial charge in [-0.1, -0.05) is 0 Å². The van der Waals surface area contributed by atoms with Crippen molar-refractivity contribution in [3.63, 3.8) is 0 Å². The number of carbonyl (C=O) groups excluding carboxylic acids is 1. The first kappa shape index (κ1) is 11.5. The lowest BCUT2D eigenvalue weighted by atomic mass is 10.1. The van der Waals surface area contributed by atoms with Crippen LogP contribution in [0.3, 0.4) is 0 Å². The molecule has 0 aliphatic carbocycles. The van der Waals surface area contributed by atoms with Gasteiger partial charge in [0.05, 0.1) is 0 Å². The largest absolute Gasteiger partial charge is 0.343 e. The molecule has 1 saturated heterocycles. The Kier molecular flexibility index (Phi) is 3.89. The molecule has 1 aliphatic heterocycles. The minimum Gasteiger partial charge on any atom is -0.343 e. The van der Waals surface area contributed by atoms with E-state index < -0.39 is 0 Å². The molecule has 0 unspecified atom stereocenters. The number of nitrogens with one attached hydrogen (secondary N) is 1. The maximum absolute atomic E-state index is 10.5. The van der Waals surface area contributed by atoms with Crippen LogP contribution in [0.15, 0.2) is 0 Å². The zero-order valence-electron chi connectivity index (χ0n) is 9.42. The van der Waals surface area contributed by atoms with Crippen LogP contribution in [0.2, 0.25) is 0 Å². The Labute approximate surface area is 86.2 Å². The molecule has 0 radical (unpaired) electrons. The van der Waals surface area contributed by atoms with Gasteiger partial charge < -0.3 is 10.2 Å². The Morgan fingerprint density at radius 3 is 2.29 bits per heavy atom. The van der Waals surface area contributed by atoms with E-state index in [9.17, 15) is 4.79 Å². The smallest absolute Gasteiger partial charge is 0.209 e. The molecule has 1 heterocycles. The normalized spacial score (nSPS) is 19.8. The predicted molar refractivity (Wildman–Crippen MR) is 57.2 cm³/mol. The highest BCUT2D eigenvalue weighted by Crippen LogP contribution is 2.07. The fraction of sp³-hybridized carbons (Fsp3) is 0.900.